The molecular weight excluding hydrogens is 601 g/mol. The van der Waals surface area contributed by atoms with Crippen molar-refractivity contribution < 1.29 is 47.7 Å². The maximum atomic E-state index is 13.7. The average molecular weight is 637 g/mol. The first-order chi connectivity index (χ1) is 18.6. The largest absolute Gasteiger partial charge is 0.462 e. The molecule has 0 saturated carbocycles. The van der Waals surface area contributed by atoms with Crippen molar-refractivity contribution in [2.24, 2.45) is 0 Å². The molecule has 0 atom stereocenters. The molecule has 14 heteroatoms. The Balaban J connectivity index is 3.42. The van der Waals surface area contributed by atoms with E-state index in [1.807, 2.05) is 0 Å². The lowest BCUT2D eigenvalue weighted by Crippen LogP contribution is -2.24. The molecule has 0 aromatic heterocycles. The van der Waals surface area contributed by atoms with Crippen LogP contribution in [0.2, 0.25) is 0 Å². The van der Waals surface area contributed by atoms with Gasteiger partial charge in [0, 0.05) is 0 Å². The van der Waals surface area contributed by atoms with Gasteiger partial charge in [0.05, 0.1) is 67.0 Å². The van der Waals surface area contributed by atoms with Crippen LogP contribution in [-0.2, 0) is 47.7 Å². The summed E-state index contributed by atoms with van der Waals surface area (Å²) in [5.41, 5.74) is 0. The molecule has 224 valence electrons. The molecule has 0 bridgehead atoms. The number of esters is 4. The maximum absolute atomic E-state index is 13.7. The van der Waals surface area contributed by atoms with Crippen molar-refractivity contribution in [3.8, 4) is 0 Å². The Morgan fingerprint density at radius 2 is 0.625 bits per heavy atom. The van der Waals surface area contributed by atoms with Crippen LogP contribution in [0.3, 0.4) is 0 Å². The Bertz CT molecular complexity index is 886. The third-order valence-corrected chi connectivity index (χ3v) is 8.53. The summed E-state index contributed by atoms with van der Waals surface area (Å²) in [6, 6.07) is 0. The van der Waals surface area contributed by atoms with E-state index < -0.39 is 35.4 Å². The number of thioether (sulfide) groups is 4. The molecule has 40 heavy (non-hydrogen) atoms. The minimum atomic E-state index is -0.608. The van der Waals surface area contributed by atoms with Gasteiger partial charge in [-0.05, 0) is 55.4 Å². The second-order valence-corrected chi connectivity index (χ2v) is 13.2. The van der Waals surface area contributed by atoms with Crippen LogP contribution >= 0.6 is 47.0 Å². The Morgan fingerprint density at radius 3 is 0.775 bits per heavy atom. The van der Waals surface area contributed by atoms with E-state index in [4.69, 9.17) is 18.9 Å². The van der Waals surface area contributed by atoms with Gasteiger partial charge < -0.3 is 18.9 Å². The number of ether oxygens (including phenoxy) is 4. The van der Waals surface area contributed by atoms with E-state index in [2.05, 4.69) is 0 Å². The molecular formula is C26H36O10S4. The van der Waals surface area contributed by atoms with E-state index in [-0.39, 0.29) is 67.0 Å². The Kier molecular flexibility index (Phi) is 16.1. The standard InChI is InChI=1S/C26H36O10S4/c1-13(2)33-17(27)9-37-23-21(31)25(39-11-19(29)35-15(5)6)26(40-12-20(30)36-16(7)8)22(32)24(23)38-10-18(28)34-14(3)4/h13-16H,9-12H2,1-8H3. The zero-order valence-electron chi connectivity index (χ0n) is 23.9. The van der Waals surface area contributed by atoms with E-state index in [9.17, 15) is 28.8 Å². The van der Waals surface area contributed by atoms with Crippen molar-refractivity contribution in [3.05, 3.63) is 19.6 Å². The number of allylic oxidation sites excluding steroid dienone is 4. The summed E-state index contributed by atoms with van der Waals surface area (Å²) >= 11 is 3.25. The monoisotopic (exact) mass is 636 g/mol. The van der Waals surface area contributed by atoms with Crippen LogP contribution in [0.25, 0.3) is 0 Å². The third kappa shape index (κ3) is 13.2. The van der Waals surface area contributed by atoms with E-state index >= 15 is 0 Å². The summed E-state index contributed by atoms with van der Waals surface area (Å²) in [7, 11) is 0. The van der Waals surface area contributed by atoms with Crippen LogP contribution in [0.1, 0.15) is 55.4 Å². The van der Waals surface area contributed by atoms with E-state index in [1.54, 1.807) is 55.4 Å². The molecule has 1 aliphatic carbocycles. The number of rotatable bonds is 16. The van der Waals surface area contributed by atoms with Crippen molar-refractivity contribution in [1.82, 2.24) is 0 Å². The number of Topliss-reactive ketones (excluding diaryl/α,β-unsaturated/α-hetero) is 2. The molecule has 1 aliphatic rings. The summed E-state index contributed by atoms with van der Waals surface area (Å²) in [6.07, 6.45) is -1.51. The molecule has 0 saturated heterocycles. The summed E-state index contributed by atoms with van der Waals surface area (Å²) in [5, 5.41) is 0. The highest BCUT2D eigenvalue weighted by molar-refractivity contribution is 8.11. The maximum Gasteiger partial charge on any atom is 0.316 e. The molecule has 0 radical (unpaired) electrons. The van der Waals surface area contributed by atoms with Gasteiger partial charge >= 0.3 is 23.9 Å². The zero-order valence-corrected chi connectivity index (χ0v) is 27.1. The van der Waals surface area contributed by atoms with Crippen LogP contribution < -0.4 is 0 Å². The van der Waals surface area contributed by atoms with E-state index in [0.717, 1.165) is 47.0 Å². The predicted molar refractivity (Wildman–Crippen MR) is 159 cm³/mol. The summed E-state index contributed by atoms with van der Waals surface area (Å²) in [6.45, 7) is 13.4. The second kappa shape index (κ2) is 17.8. The number of hydrogen-bond acceptors (Lipinski definition) is 14. The Morgan fingerprint density at radius 1 is 0.450 bits per heavy atom. The van der Waals surface area contributed by atoms with Gasteiger partial charge in [-0.2, -0.15) is 0 Å². The highest BCUT2D eigenvalue weighted by Crippen LogP contribution is 2.44. The second-order valence-electron chi connectivity index (χ2n) is 9.28. The number of hydrogen-bond donors (Lipinski definition) is 0. The third-order valence-electron chi connectivity index (χ3n) is 4.04. The lowest BCUT2D eigenvalue weighted by molar-refractivity contribution is -0.145. The van der Waals surface area contributed by atoms with Crippen LogP contribution in [0, 0.1) is 0 Å². The lowest BCUT2D eigenvalue weighted by Gasteiger charge is -2.22. The number of carbonyl (C=O) groups is 6. The van der Waals surface area contributed by atoms with Crippen LogP contribution in [0.15, 0.2) is 19.6 Å². The van der Waals surface area contributed by atoms with Crippen LogP contribution in [0.5, 0.6) is 0 Å². The van der Waals surface area contributed by atoms with E-state index in [1.165, 1.54) is 0 Å². The quantitative estimate of drug-likeness (QED) is 0.135. The molecule has 0 N–H and O–H groups in total. The van der Waals surface area contributed by atoms with Gasteiger partial charge in [-0.25, -0.2) is 0 Å². The first-order valence-electron chi connectivity index (χ1n) is 12.5. The summed E-state index contributed by atoms with van der Waals surface area (Å²) in [4.78, 5) is 76.2. The van der Waals surface area contributed by atoms with Gasteiger partial charge in [0.1, 0.15) is 0 Å². The Hall–Kier alpha value is -1.90. The van der Waals surface area contributed by atoms with Gasteiger partial charge in [-0.15, -0.1) is 47.0 Å². The average Bonchev–Trinajstić information content (AvgIpc) is 2.80. The topological polar surface area (TPSA) is 139 Å². The highest BCUT2D eigenvalue weighted by Gasteiger charge is 2.37. The first kappa shape index (κ1) is 36.1. The minimum Gasteiger partial charge on any atom is -0.462 e. The molecule has 0 aromatic rings. The summed E-state index contributed by atoms with van der Waals surface area (Å²) in [5.74, 6) is -4.62. The Labute approximate surface area is 251 Å². The molecule has 0 heterocycles. The van der Waals surface area contributed by atoms with Gasteiger partial charge in [-0.1, -0.05) is 0 Å². The van der Waals surface area contributed by atoms with Crippen molar-refractivity contribution in [1.29, 1.82) is 0 Å². The fourth-order valence-corrected chi connectivity index (χ4v) is 6.84. The number of ketones is 2. The smallest absolute Gasteiger partial charge is 0.316 e. The lowest BCUT2D eigenvalue weighted by atomic mass is 10.1. The number of carbonyl (C=O) groups excluding carboxylic acids is 6. The van der Waals surface area contributed by atoms with Crippen molar-refractivity contribution in [2.75, 3.05) is 23.0 Å². The normalized spacial score (nSPS) is 14.0. The van der Waals surface area contributed by atoms with Crippen LogP contribution in [-0.4, -0.2) is 82.9 Å². The van der Waals surface area contributed by atoms with Gasteiger partial charge in [-0.3, -0.25) is 28.8 Å². The molecule has 0 fully saturated rings. The van der Waals surface area contributed by atoms with E-state index in [0.29, 0.717) is 0 Å². The fourth-order valence-electron chi connectivity index (χ4n) is 2.86. The molecule has 1 rings (SSSR count). The summed E-state index contributed by atoms with van der Waals surface area (Å²) < 4.78 is 20.6. The van der Waals surface area contributed by atoms with Crippen molar-refractivity contribution >= 4 is 82.5 Å². The molecule has 0 aliphatic heterocycles. The molecule has 10 nitrogen and oxygen atoms in total. The predicted octanol–water partition coefficient (Wildman–Crippen LogP) is 4.30. The zero-order chi connectivity index (χ0) is 30.6. The minimum absolute atomic E-state index is 0.0538. The molecule has 0 spiro atoms. The molecule has 0 amide bonds. The highest BCUT2D eigenvalue weighted by atomic mass is 32.2. The van der Waals surface area contributed by atoms with Gasteiger partial charge in [0.15, 0.2) is 0 Å². The first-order valence-corrected chi connectivity index (χ1v) is 16.4. The fraction of sp³-hybridized carbons (Fsp3) is 0.615. The van der Waals surface area contributed by atoms with Gasteiger partial charge in [0.25, 0.3) is 0 Å². The van der Waals surface area contributed by atoms with Gasteiger partial charge in [0.2, 0.25) is 11.6 Å². The van der Waals surface area contributed by atoms with Crippen molar-refractivity contribution in [3.63, 3.8) is 0 Å². The molecule has 0 unspecified atom stereocenters. The van der Waals surface area contributed by atoms with Crippen LogP contribution in [0.4, 0.5) is 0 Å². The molecule has 0 aromatic carbocycles. The van der Waals surface area contributed by atoms with Crippen molar-refractivity contribution in [2.45, 2.75) is 79.8 Å². The SMILES string of the molecule is CC(C)OC(=O)CSC1=C(SCC(=O)OC(C)C)C(=O)C(SCC(=O)OC(C)C)=C(SCC(=O)OC(C)C)C1=O.